The molecule has 0 fully saturated rings. The van der Waals surface area contributed by atoms with Gasteiger partial charge < -0.3 is 5.11 Å². The second-order valence-corrected chi connectivity index (χ2v) is 4.29. The number of aliphatic carboxylic acids is 1. The van der Waals surface area contributed by atoms with Crippen LogP contribution in [0, 0.1) is 11.6 Å². The van der Waals surface area contributed by atoms with Crippen molar-refractivity contribution in [2.75, 3.05) is 0 Å². The molecule has 19 heavy (non-hydrogen) atoms. The molecule has 1 N–H and O–H groups in total. The summed E-state index contributed by atoms with van der Waals surface area (Å²) in [6.45, 7) is 0. The summed E-state index contributed by atoms with van der Waals surface area (Å²) >= 11 is 0. The van der Waals surface area contributed by atoms with Crippen LogP contribution in [0.2, 0.25) is 0 Å². The first-order chi connectivity index (χ1) is 9.04. The molecule has 0 aliphatic heterocycles. The Hall–Kier alpha value is -2.23. The Morgan fingerprint density at radius 1 is 1.00 bits per heavy atom. The highest BCUT2D eigenvalue weighted by atomic mass is 19.1. The Balaban J connectivity index is 2.32. The molecule has 2 rings (SSSR count). The van der Waals surface area contributed by atoms with Crippen LogP contribution >= 0.6 is 0 Å². The highest BCUT2D eigenvalue weighted by Gasteiger charge is 2.09. The number of benzene rings is 2. The largest absolute Gasteiger partial charge is 0.481 e. The molecule has 0 saturated carbocycles. The summed E-state index contributed by atoms with van der Waals surface area (Å²) < 4.78 is 26.3. The Kier molecular flexibility index (Phi) is 3.90. The number of hydrogen-bond acceptors (Lipinski definition) is 1. The minimum absolute atomic E-state index is 0.176. The molecule has 0 unspecified atom stereocenters. The van der Waals surface area contributed by atoms with Crippen LogP contribution in [0.4, 0.5) is 8.78 Å². The first kappa shape index (κ1) is 13.2. The summed E-state index contributed by atoms with van der Waals surface area (Å²) in [6, 6.07) is 9.96. The summed E-state index contributed by atoms with van der Waals surface area (Å²) in [5.41, 5.74) is 1.78. The fraction of sp³-hybridized carbons (Fsp3) is 0.133. The zero-order chi connectivity index (χ0) is 13.8. The molecule has 0 aromatic heterocycles. The van der Waals surface area contributed by atoms with E-state index in [1.54, 1.807) is 12.1 Å². The summed E-state index contributed by atoms with van der Waals surface area (Å²) in [6.07, 6.45) is 0.128. The van der Waals surface area contributed by atoms with Crippen molar-refractivity contribution in [1.29, 1.82) is 0 Å². The van der Waals surface area contributed by atoms with Gasteiger partial charge in [0.2, 0.25) is 0 Å². The van der Waals surface area contributed by atoms with Crippen LogP contribution in [0.5, 0.6) is 0 Å². The Bertz CT molecular complexity index is 609. The van der Waals surface area contributed by atoms with E-state index < -0.39 is 11.8 Å². The van der Waals surface area contributed by atoms with Crippen LogP contribution in [0.15, 0.2) is 42.5 Å². The van der Waals surface area contributed by atoms with E-state index in [4.69, 9.17) is 5.11 Å². The van der Waals surface area contributed by atoms with Crippen molar-refractivity contribution in [1.82, 2.24) is 0 Å². The fourth-order valence-electron chi connectivity index (χ4n) is 1.96. The molecule has 98 valence electrons. The number of hydrogen-bond donors (Lipinski definition) is 1. The van der Waals surface area contributed by atoms with Gasteiger partial charge in [-0.2, -0.15) is 0 Å². The lowest BCUT2D eigenvalue weighted by Crippen LogP contribution is -2.04. The van der Waals surface area contributed by atoms with E-state index in [2.05, 4.69) is 0 Å². The highest BCUT2D eigenvalue weighted by molar-refractivity contribution is 5.70. The first-order valence-corrected chi connectivity index (χ1v) is 5.78. The van der Waals surface area contributed by atoms with Crippen LogP contribution in [-0.4, -0.2) is 11.1 Å². The van der Waals surface area contributed by atoms with Crippen molar-refractivity contribution >= 4 is 5.97 Å². The van der Waals surface area contributed by atoms with E-state index >= 15 is 0 Å². The number of halogens is 2. The molecule has 0 radical (unpaired) electrons. The minimum atomic E-state index is -0.980. The molecule has 0 heterocycles. The van der Waals surface area contributed by atoms with Gasteiger partial charge in [0.1, 0.15) is 11.6 Å². The third kappa shape index (κ3) is 3.61. The SMILES string of the molecule is O=C(O)Cc1ccc(F)cc1Cc1cccc(F)c1. The summed E-state index contributed by atoms with van der Waals surface area (Å²) in [4.78, 5) is 10.8. The second-order valence-electron chi connectivity index (χ2n) is 4.29. The number of carbonyl (C=O) groups is 1. The van der Waals surface area contributed by atoms with Crippen LogP contribution in [0.1, 0.15) is 16.7 Å². The fourth-order valence-corrected chi connectivity index (χ4v) is 1.96. The van der Waals surface area contributed by atoms with Crippen molar-refractivity contribution in [3.05, 3.63) is 70.8 Å². The summed E-state index contributed by atoms with van der Waals surface area (Å²) in [5.74, 6) is -1.78. The Labute approximate surface area is 109 Å². The van der Waals surface area contributed by atoms with Crippen molar-refractivity contribution in [2.24, 2.45) is 0 Å². The Morgan fingerprint density at radius 3 is 2.42 bits per heavy atom. The van der Waals surface area contributed by atoms with Crippen molar-refractivity contribution in [2.45, 2.75) is 12.8 Å². The minimum Gasteiger partial charge on any atom is -0.481 e. The molecule has 0 atom stereocenters. The van der Waals surface area contributed by atoms with E-state index in [1.807, 2.05) is 0 Å². The smallest absolute Gasteiger partial charge is 0.307 e. The maximum absolute atomic E-state index is 13.2. The molecule has 0 saturated heterocycles. The van der Waals surface area contributed by atoms with Gasteiger partial charge in [0.05, 0.1) is 6.42 Å². The molecule has 2 aromatic rings. The molecular formula is C15H12F2O2. The van der Waals surface area contributed by atoms with E-state index in [0.29, 0.717) is 23.1 Å². The van der Waals surface area contributed by atoms with E-state index in [0.717, 1.165) is 0 Å². The van der Waals surface area contributed by atoms with Gasteiger partial charge in [0.15, 0.2) is 0 Å². The van der Waals surface area contributed by atoms with Crippen LogP contribution in [-0.2, 0) is 17.6 Å². The topological polar surface area (TPSA) is 37.3 Å². The number of carboxylic acids is 1. The Morgan fingerprint density at radius 2 is 1.74 bits per heavy atom. The molecule has 0 aliphatic carbocycles. The molecule has 0 spiro atoms. The summed E-state index contributed by atoms with van der Waals surface area (Å²) in [7, 11) is 0. The van der Waals surface area contributed by atoms with Crippen LogP contribution < -0.4 is 0 Å². The standard InChI is InChI=1S/C15H12F2O2/c16-13-3-1-2-10(7-13)6-12-8-14(17)5-4-11(12)9-15(18)19/h1-5,7-8H,6,9H2,(H,18,19). The molecular weight excluding hydrogens is 250 g/mol. The zero-order valence-corrected chi connectivity index (χ0v) is 10.1. The van der Waals surface area contributed by atoms with Crippen molar-refractivity contribution in [3.63, 3.8) is 0 Å². The molecule has 0 bridgehead atoms. The monoisotopic (exact) mass is 262 g/mol. The highest BCUT2D eigenvalue weighted by Crippen LogP contribution is 2.17. The van der Waals surface area contributed by atoms with E-state index in [9.17, 15) is 13.6 Å². The van der Waals surface area contributed by atoms with Gasteiger partial charge in [0, 0.05) is 0 Å². The molecule has 2 nitrogen and oxygen atoms in total. The van der Waals surface area contributed by atoms with Gasteiger partial charge in [0.25, 0.3) is 0 Å². The predicted octanol–water partition coefficient (Wildman–Crippen LogP) is 3.18. The van der Waals surface area contributed by atoms with Gasteiger partial charge in [-0.15, -0.1) is 0 Å². The molecule has 0 amide bonds. The number of carboxylic acid groups (broad SMARTS) is 1. The normalized spacial score (nSPS) is 10.4. The van der Waals surface area contributed by atoms with Crippen LogP contribution in [0.25, 0.3) is 0 Å². The van der Waals surface area contributed by atoms with Gasteiger partial charge in [-0.3, -0.25) is 4.79 Å². The average Bonchev–Trinajstić information content (AvgIpc) is 2.32. The molecule has 4 heteroatoms. The molecule has 2 aromatic carbocycles. The quantitative estimate of drug-likeness (QED) is 0.918. The summed E-state index contributed by atoms with van der Waals surface area (Å²) in [5, 5.41) is 8.82. The predicted molar refractivity (Wildman–Crippen MR) is 66.9 cm³/mol. The van der Waals surface area contributed by atoms with Crippen molar-refractivity contribution < 1.29 is 18.7 Å². The first-order valence-electron chi connectivity index (χ1n) is 5.78. The van der Waals surface area contributed by atoms with Crippen molar-refractivity contribution in [3.8, 4) is 0 Å². The van der Waals surface area contributed by atoms with Gasteiger partial charge in [-0.1, -0.05) is 18.2 Å². The third-order valence-corrected chi connectivity index (χ3v) is 2.79. The lowest BCUT2D eigenvalue weighted by atomic mass is 9.97. The maximum atomic E-state index is 13.2. The van der Waals surface area contributed by atoms with Gasteiger partial charge in [-0.25, -0.2) is 8.78 Å². The van der Waals surface area contributed by atoms with Crippen LogP contribution in [0.3, 0.4) is 0 Å². The average molecular weight is 262 g/mol. The second kappa shape index (κ2) is 5.61. The maximum Gasteiger partial charge on any atom is 0.307 e. The van der Waals surface area contributed by atoms with Gasteiger partial charge >= 0.3 is 5.97 Å². The lowest BCUT2D eigenvalue weighted by molar-refractivity contribution is -0.136. The lowest BCUT2D eigenvalue weighted by Gasteiger charge is -2.08. The molecule has 0 aliphatic rings. The van der Waals surface area contributed by atoms with E-state index in [-0.39, 0.29) is 12.2 Å². The number of rotatable bonds is 4. The third-order valence-electron chi connectivity index (χ3n) is 2.79. The zero-order valence-electron chi connectivity index (χ0n) is 10.1. The van der Waals surface area contributed by atoms with E-state index in [1.165, 1.54) is 30.3 Å². The van der Waals surface area contributed by atoms with Gasteiger partial charge in [-0.05, 0) is 47.4 Å².